The van der Waals surface area contributed by atoms with E-state index in [-0.39, 0.29) is 6.04 Å². The van der Waals surface area contributed by atoms with Crippen molar-refractivity contribution in [1.29, 1.82) is 0 Å². The van der Waals surface area contributed by atoms with Crippen LogP contribution >= 0.6 is 11.6 Å². The topological polar surface area (TPSA) is 65.1 Å². The first-order valence-corrected chi connectivity index (χ1v) is 6.48. The van der Waals surface area contributed by atoms with Crippen LogP contribution in [0.5, 0.6) is 5.75 Å². The van der Waals surface area contributed by atoms with Gasteiger partial charge >= 0.3 is 0 Å². The Morgan fingerprint density at radius 2 is 2.37 bits per heavy atom. The number of nitrogens with zero attached hydrogens (tertiary/aromatic N) is 2. The second kappa shape index (κ2) is 6.56. The number of rotatable bonds is 6. The van der Waals surface area contributed by atoms with Gasteiger partial charge in [-0.3, -0.25) is 5.84 Å². The number of hydrogen-bond donors (Lipinski definition) is 2. The maximum atomic E-state index is 5.90. The van der Waals surface area contributed by atoms with E-state index in [2.05, 4.69) is 17.3 Å². The van der Waals surface area contributed by atoms with E-state index in [0.29, 0.717) is 17.4 Å². The molecule has 0 saturated carbocycles. The molecule has 1 aromatic heterocycles. The molecular formula is C13H17ClN4O. The Morgan fingerprint density at radius 1 is 1.53 bits per heavy atom. The maximum absolute atomic E-state index is 5.90. The standard InChI is InChI=1S/C13H17ClN4O/c1-2-18-7-6-16-13(18)12(17-15)9-19-11-5-3-4-10(14)8-11/h3-8,12,17H,2,9,15H2,1H3. The van der Waals surface area contributed by atoms with E-state index in [9.17, 15) is 0 Å². The number of aromatic nitrogens is 2. The first kappa shape index (κ1) is 13.9. The molecule has 2 aromatic rings. The molecule has 1 heterocycles. The summed E-state index contributed by atoms with van der Waals surface area (Å²) in [5.41, 5.74) is 2.72. The molecule has 0 fully saturated rings. The zero-order chi connectivity index (χ0) is 13.7. The highest BCUT2D eigenvalue weighted by Gasteiger charge is 2.15. The number of aryl methyl sites for hydroxylation is 1. The Labute approximate surface area is 117 Å². The molecule has 0 radical (unpaired) electrons. The number of imidazole rings is 1. The van der Waals surface area contributed by atoms with Crippen molar-refractivity contribution in [3.05, 3.63) is 47.5 Å². The van der Waals surface area contributed by atoms with Crippen LogP contribution in [0.1, 0.15) is 18.8 Å². The van der Waals surface area contributed by atoms with Gasteiger partial charge in [0.1, 0.15) is 24.2 Å². The van der Waals surface area contributed by atoms with Crippen molar-refractivity contribution in [3.63, 3.8) is 0 Å². The number of benzene rings is 1. The van der Waals surface area contributed by atoms with Gasteiger partial charge in [-0.2, -0.15) is 0 Å². The van der Waals surface area contributed by atoms with Crippen molar-refractivity contribution in [2.24, 2.45) is 5.84 Å². The van der Waals surface area contributed by atoms with Gasteiger partial charge < -0.3 is 9.30 Å². The van der Waals surface area contributed by atoms with E-state index >= 15 is 0 Å². The third-order valence-corrected chi connectivity index (χ3v) is 3.05. The van der Waals surface area contributed by atoms with Crippen molar-refractivity contribution in [2.75, 3.05) is 6.61 Å². The zero-order valence-electron chi connectivity index (χ0n) is 10.7. The van der Waals surface area contributed by atoms with Crippen LogP contribution in [0.25, 0.3) is 0 Å². The van der Waals surface area contributed by atoms with Gasteiger partial charge in [0.25, 0.3) is 0 Å². The van der Waals surface area contributed by atoms with Crippen LogP contribution in [0.2, 0.25) is 5.02 Å². The summed E-state index contributed by atoms with van der Waals surface area (Å²) in [6.45, 7) is 3.27. The summed E-state index contributed by atoms with van der Waals surface area (Å²) >= 11 is 5.90. The molecule has 0 aliphatic rings. The molecule has 0 bridgehead atoms. The molecule has 1 aromatic carbocycles. The minimum absolute atomic E-state index is 0.172. The molecule has 0 aliphatic heterocycles. The summed E-state index contributed by atoms with van der Waals surface area (Å²) in [7, 11) is 0. The first-order valence-electron chi connectivity index (χ1n) is 6.10. The van der Waals surface area contributed by atoms with Gasteiger partial charge in [0.2, 0.25) is 0 Å². The molecule has 2 rings (SSSR count). The third-order valence-electron chi connectivity index (χ3n) is 2.81. The second-order valence-corrected chi connectivity index (χ2v) is 4.50. The fourth-order valence-corrected chi connectivity index (χ4v) is 2.01. The molecule has 102 valence electrons. The zero-order valence-corrected chi connectivity index (χ0v) is 11.5. The van der Waals surface area contributed by atoms with Gasteiger partial charge in [0.05, 0.1) is 0 Å². The van der Waals surface area contributed by atoms with Gasteiger partial charge in [-0.15, -0.1) is 0 Å². The lowest BCUT2D eigenvalue weighted by atomic mass is 10.3. The highest BCUT2D eigenvalue weighted by atomic mass is 35.5. The van der Waals surface area contributed by atoms with E-state index in [1.807, 2.05) is 22.9 Å². The fraction of sp³-hybridized carbons (Fsp3) is 0.308. The normalized spacial score (nSPS) is 12.4. The minimum atomic E-state index is -0.172. The Kier molecular flexibility index (Phi) is 4.79. The fourth-order valence-electron chi connectivity index (χ4n) is 1.83. The van der Waals surface area contributed by atoms with E-state index in [1.165, 1.54) is 0 Å². The number of nitrogens with one attached hydrogen (secondary N) is 1. The van der Waals surface area contributed by atoms with Gasteiger partial charge in [0.15, 0.2) is 0 Å². The van der Waals surface area contributed by atoms with Gasteiger partial charge in [0, 0.05) is 24.0 Å². The number of hydrogen-bond acceptors (Lipinski definition) is 4. The summed E-state index contributed by atoms with van der Waals surface area (Å²) in [4.78, 5) is 4.30. The van der Waals surface area contributed by atoms with E-state index in [4.69, 9.17) is 22.2 Å². The third kappa shape index (κ3) is 3.47. The minimum Gasteiger partial charge on any atom is -0.491 e. The number of halogens is 1. The van der Waals surface area contributed by atoms with E-state index in [1.54, 1.807) is 18.3 Å². The smallest absolute Gasteiger partial charge is 0.130 e. The quantitative estimate of drug-likeness (QED) is 0.628. The van der Waals surface area contributed by atoms with Crippen molar-refractivity contribution >= 4 is 11.6 Å². The SMILES string of the molecule is CCn1ccnc1C(COc1cccc(Cl)c1)NN. The summed E-state index contributed by atoms with van der Waals surface area (Å²) in [5, 5.41) is 0.643. The van der Waals surface area contributed by atoms with Crippen LogP contribution in [0, 0.1) is 0 Å². The lowest BCUT2D eigenvalue weighted by Gasteiger charge is -2.17. The van der Waals surface area contributed by atoms with Crippen LogP contribution < -0.4 is 16.0 Å². The molecular weight excluding hydrogens is 264 g/mol. The summed E-state index contributed by atoms with van der Waals surface area (Å²) in [6, 6.07) is 7.09. The molecule has 6 heteroatoms. The van der Waals surface area contributed by atoms with Crippen molar-refractivity contribution in [3.8, 4) is 5.75 Å². The van der Waals surface area contributed by atoms with Gasteiger partial charge in [-0.1, -0.05) is 17.7 Å². The first-order chi connectivity index (χ1) is 9.24. The van der Waals surface area contributed by atoms with Crippen LogP contribution in [0.3, 0.4) is 0 Å². The Balaban J connectivity index is 2.04. The van der Waals surface area contributed by atoms with Crippen LogP contribution in [0.15, 0.2) is 36.7 Å². The van der Waals surface area contributed by atoms with Crippen molar-refractivity contribution in [1.82, 2.24) is 15.0 Å². The monoisotopic (exact) mass is 280 g/mol. The van der Waals surface area contributed by atoms with Crippen LogP contribution in [0.4, 0.5) is 0 Å². The Bertz CT molecular complexity index is 529. The summed E-state index contributed by atoms with van der Waals surface area (Å²) in [6.07, 6.45) is 3.67. The Hall–Kier alpha value is -1.56. The highest BCUT2D eigenvalue weighted by Crippen LogP contribution is 2.19. The number of ether oxygens (including phenoxy) is 1. The molecule has 1 unspecified atom stereocenters. The molecule has 0 saturated heterocycles. The van der Waals surface area contributed by atoms with Crippen molar-refractivity contribution in [2.45, 2.75) is 19.5 Å². The molecule has 0 amide bonds. The average molecular weight is 281 g/mol. The second-order valence-electron chi connectivity index (χ2n) is 4.06. The predicted molar refractivity (Wildman–Crippen MR) is 74.9 cm³/mol. The van der Waals surface area contributed by atoms with E-state index in [0.717, 1.165) is 12.4 Å². The van der Waals surface area contributed by atoms with Gasteiger partial charge in [-0.05, 0) is 25.1 Å². The van der Waals surface area contributed by atoms with E-state index < -0.39 is 0 Å². The molecule has 19 heavy (non-hydrogen) atoms. The largest absolute Gasteiger partial charge is 0.491 e. The molecule has 3 N–H and O–H groups in total. The molecule has 1 atom stereocenters. The van der Waals surface area contributed by atoms with Gasteiger partial charge in [-0.25, -0.2) is 10.4 Å². The lowest BCUT2D eigenvalue weighted by molar-refractivity contribution is 0.258. The Morgan fingerprint density at radius 3 is 3.05 bits per heavy atom. The number of nitrogens with two attached hydrogens (primary N) is 1. The maximum Gasteiger partial charge on any atom is 0.130 e. The molecule has 0 spiro atoms. The number of hydrazine groups is 1. The average Bonchev–Trinajstić information content (AvgIpc) is 2.88. The van der Waals surface area contributed by atoms with Crippen molar-refractivity contribution < 1.29 is 4.74 Å². The van der Waals surface area contributed by atoms with Crippen LogP contribution in [-0.2, 0) is 6.54 Å². The van der Waals surface area contributed by atoms with Crippen LogP contribution in [-0.4, -0.2) is 16.2 Å². The summed E-state index contributed by atoms with van der Waals surface area (Å²) in [5.74, 6) is 7.14. The highest BCUT2D eigenvalue weighted by molar-refractivity contribution is 6.30. The lowest BCUT2D eigenvalue weighted by Crippen LogP contribution is -2.34. The molecule has 5 nitrogen and oxygen atoms in total. The molecule has 0 aliphatic carbocycles. The predicted octanol–water partition coefficient (Wildman–Crippen LogP) is 2.14. The summed E-state index contributed by atoms with van der Waals surface area (Å²) < 4.78 is 7.70.